The molecule has 0 spiro atoms. The molecule has 0 N–H and O–H groups in total. The molecule has 0 bridgehead atoms. The van der Waals surface area contributed by atoms with Gasteiger partial charge in [-0.05, 0) is 67.9 Å². The minimum absolute atomic E-state index is 0.301. The standard InChI is InChI=1S/C18H23N3O2S/c22-24(23,18-7-6-15-4-1-2-5-16(15)14-18)20-12-8-17(9-13-20)21-11-3-10-19-21/h3,6-7,10-11,14,17H,1-2,4-5,8-9,12-13H2. The predicted octanol–water partition coefficient (Wildman–Crippen LogP) is 2.79. The average Bonchev–Trinajstić information content (AvgIpc) is 3.16. The number of sulfonamides is 1. The van der Waals surface area contributed by atoms with E-state index in [2.05, 4.69) is 5.10 Å². The van der Waals surface area contributed by atoms with Crippen LogP contribution < -0.4 is 0 Å². The summed E-state index contributed by atoms with van der Waals surface area (Å²) < 4.78 is 29.5. The number of nitrogens with zero attached hydrogens (tertiary/aromatic N) is 3. The Labute approximate surface area is 143 Å². The van der Waals surface area contributed by atoms with Crippen LogP contribution in [0.2, 0.25) is 0 Å². The van der Waals surface area contributed by atoms with E-state index in [1.54, 1.807) is 16.6 Å². The van der Waals surface area contributed by atoms with Crippen LogP contribution >= 0.6 is 0 Å². The van der Waals surface area contributed by atoms with Crippen molar-refractivity contribution in [3.63, 3.8) is 0 Å². The van der Waals surface area contributed by atoms with E-state index in [0.717, 1.165) is 32.1 Å². The van der Waals surface area contributed by atoms with Crippen LogP contribution in [-0.4, -0.2) is 35.6 Å². The topological polar surface area (TPSA) is 55.2 Å². The van der Waals surface area contributed by atoms with E-state index in [1.165, 1.54) is 17.5 Å². The van der Waals surface area contributed by atoms with E-state index in [1.807, 2.05) is 29.1 Å². The Morgan fingerprint density at radius 1 is 1.04 bits per heavy atom. The summed E-state index contributed by atoms with van der Waals surface area (Å²) in [6.45, 7) is 1.12. The van der Waals surface area contributed by atoms with Gasteiger partial charge in [-0.3, -0.25) is 4.68 Å². The summed E-state index contributed by atoms with van der Waals surface area (Å²) in [7, 11) is -3.38. The molecular weight excluding hydrogens is 322 g/mol. The van der Waals surface area contributed by atoms with Crippen molar-refractivity contribution in [3.8, 4) is 0 Å². The molecule has 0 radical (unpaired) electrons. The van der Waals surface area contributed by atoms with Crippen molar-refractivity contribution in [2.24, 2.45) is 0 Å². The molecule has 1 aliphatic heterocycles. The minimum Gasteiger partial charge on any atom is -0.270 e. The Morgan fingerprint density at radius 2 is 1.79 bits per heavy atom. The summed E-state index contributed by atoms with van der Waals surface area (Å²) in [5, 5.41) is 4.28. The van der Waals surface area contributed by atoms with Gasteiger partial charge in [-0.15, -0.1) is 0 Å². The second-order valence-electron chi connectivity index (χ2n) is 6.76. The first-order valence-corrected chi connectivity index (χ1v) is 10.2. The van der Waals surface area contributed by atoms with Crippen molar-refractivity contribution in [2.45, 2.75) is 49.5 Å². The van der Waals surface area contributed by atoms with Gasteiger partial charge >= 0.3 is 0 Å². The molecule has 0 saturated carbocycles. The molecule has 24 heavy (non-hydrogen) atoms. The van der Waals surface area contributed by atoms with Gasteiger partial charge in [0.1, 0.15) is 0 Å². The average molecular weight is 345 g/mol. The van der Waals surface area contributed by atoms with Crippen LogP contribution in [0.5, 0.6) is 0 Å². The van der Waals surface area contributed by atoms with E-state index in [-0.39, 0.29) is 0 Å². The molecule has 4 rings (SSSR count). The third kappa shape index (κ3) is 2.89. The number of hydrogen-bond acceptors (Lipinski definition) is 3. The molecule has 1 aromatic carbocycles. The fourth-order valence-electron chi connectivity index (χ4n) is 3.86. The van der Waals surface area contributed by atoms with E-state index < -0.39 is 10.0 Å². The molecule has 0 atom stereocenters. The first-order chi connectivity index (χ1) is 11.6. The SMILES string of the molecule is O=S(=O)(c1ccc2c(c1)CCCC2)N1CCC(n2cccn2)CC1. The predicted molar refractivity (Wildman–Crippen MR) is 92.3 cm³/mol. The van der Waals surface area contributed by atoms with Crippen LogP contribution in [-0.2, 0) is 22.9 Å². The first kappa shape index (κ1) is 15.8. The maximum Gasteiger partial charge on any atom is 0.243 e. The van der Waals surface area contributed by atoms with E-state index >= 15 is 0 Å². The number of benzene rings is 1. The maximum atomic E-state index is 13.0. The van der Waals surface area contributed by atoms with E-state index in [0.29, 0.717) is 24.0 Å². The zero-order chi connectivity index (χ0) is 16.6. The quantitative estimate of drug-likeness (QED) is 0.859. The van der Waals surface area contributed by atoms with Crippen LogP contribution in [0.15, 0.2) is 41.6 Å². The van der Waals surface area contributed by atoms with Gasteiger partial charge in [0.05, 0.1) is 10.9 Å². The molecule has 2 aromatic rings. The summed E-state index contributed by atoms with van der Waals surface area (Å²) in [6.07, 6.45) is 9.79. The van der Waals surface area contributed by atoms with Gasteiger partial charge in [0.25, 0.3) is 0 Å². The van der Waals surface area contributed by atoms with Crippen LogP contribution in [0.1, 0.15) is 42.9 Å². The molecule has 0 amide bonds. The fraction of sp³-hybridized carbons (Fsp3) is 0.500. The van der Waals surface area contributed by atoms with Crippen LogP contribution in [0, 0.1) is 0 Å². The highest BCUT2D eigenvalue weighted by atomic mass is 32.2. The van der Waals surface area contributed by atoms with Crippen molar-refractivity contribution in [3.05, 3.63) is 47.8 Å². The van der Waals surface area contributed by atoms with Crippen LogP contribution in [0.4, 0.5) is 0 Å². The zero-order valence-electron chi connectivity index (χ0n) is 13.8. The largest absolute Gasteiger partial charge is 0.270 e. The molecule has 2 heterocycles. The number of fused-ring (bicyclic) bond motifs is 1. The summed E-state index contributed by atoms with van der Waals surface area (Å²) in [5.74, 6) is 0. The number of rotatable bonds is 3. The highest BCUT2D eigenvalue weighted by Crippen LogP contribution is 2.29. The van der Waals surface area contributed by atoms with Crippen LogP contribution in [0.3, 0.4) is 0 Å². The van der Waals surface area contributed by atoms with Crippen LogP contribution in [0.25, 0.3) is 0 Å². The van der Waals surface area contributed by atoms with Crippen molar-refractivity contribution in [1.82, 2.24) is 14.1 Å². The number of aromatic nitrogens is 2. The molecule has 1 fully saturated rings. The Hall–Kier alpha value is -1.66. The van der Waals surface area contributed by atoms with Crippen molar-refractivity contribution in [2.75, 3.05) is 13.1 Å². The first-order valence-electron chi connectivity index (χ1n) is 8.76. The van der Waals surface area contributed by atoms with E-state index in [9.17, 15) is 8.42 Å². The summed E-state index contributed by atoms with van der Waals surface area (Å²) >= 11 is 0. The van der Waals surface area contributed by atoms with Crippen molar-refractivity contribution >= 4 is 10.0 Å². The molecule has 1 aromatic heterocycles. The lowest BCUT2D eigenvalue weighted by Gasteiger charge is -2.31. The molecule has 5 nitrogen and oxygen atoms in total. The number of piperidine rings is 1. The van der Waals surface area contributed by atoms with Gasteiger partial charge in [0, 0.05) is 25.5 Å². The Morgan fingerprint density at radius 3 is 2.50 bits per heavy atom. The van der Waals surface area contributed by atoms with E-state index in [4.69, 9.17) is 0 Å². The molecule has 1 aliphatic carbocycles. The Kier molecular flexibility index (Phi) is 4.18. The number of hydrogen-bond donors (Lipinski definition) is 0. The lowest BCUT2D eigenvalue weighted by molar-refractivity contribution is 0.261. The fourth-order valence-corrected chi connectivity index (χ4v) is 5.38. The molecular formula is C18H23N3O2S. The molecule has 0 unspecified atom stereocenters. The maximum absolute atomic E-state index is 13.0. The van der Waals surface area contributed by atoms with Crippen molar-refractivity contribution < 1.29 is 8.42 Å². The monoisotopic (exact) mass is 345 g/mol. The molecule has 1 saturated heterocycles. The third-order valence-electron chi connectivity index (χ3n) is 5.28. The van der Waals surface area contributed by atoms with Gasteiger partial charge in [0.15, 0.2) is 0 Å². The second-order valence-corrected chi connectivity index (χ2v) is 8.70. The molecule has 128 valence electrons. The van der Waals surface area contributed by atoms with Crippen molar-refractivity contribution in [1.29, 1.82) is 0 Å². The Bertz CT molecular complexity index is 807. The lowest BCUT2D eigenvalue weighted by atomic mass is 9.92. The van der Waals surface area contributed by atoms with Gasteiger partial charge in [-0.2, -0.15) is 9.40 Å². The van der Waals surface area contributed by atoms with Gasteiger partial charge in [-0.1, -0.05) is 6.07 Å². The normalized spacial score (nSPS) is 20.0. The Balaban J connectivity index is 1.51. The molecule has 2 aliphatic rings. The zero-order valence-corrected chi connectivity index (χ0v) is 14.6. The van der Waals surface area contributed by atoms with Gasteiger partial charge < -0.3 is 0 Å². The minimum atomic E-state index is -3.38. The second kappa shape index (κ2) is 6.33. The summed E-state index contributed by atoms with van der Waals surface area (Å²) in [4.78, 5) is 0.459. The smallest absolute Gasteiger partial charge is 0.243 e. The molecule has 6 heteroatoms. The highest BCUT2D eigenvalue weighted by Gasteiger charge is 2.30. The summed E-state index contributed by atoms with van der Waals surface area (Å²) in [5.41, 5.74) is 2.53. The lowest BCUT2D eigenvalue weighted by Crippen LogP contribution is -2.39. The number of aryl methyl sites for hydroxylation is 2. The van der Waals surface area contributed by atoms with Gasteiger partial charge in [-0.25, -0.2) is 8.42 Å². The van der Waals surface area contributed by atoms with Gasteiger partial charge in [0.2, 0.25) is 10.0 Å². The third-order valence-corrected chi connectivity index (χ3v) is 7.17. The summed E-state index contributed by atoms with van der Waals surface area (Å²) in [6, 6.07) is 7.92. The highest BCUT2D eigenvalue weighted by molar-refractivity contribution is 7.89.